The molecule has 3 rings (SSSR count). The summed E-state index contributed by atoms with van der Waals surface area (Å²) in [5, 5.41) is 0. The Balaban J connectivity index is 1.83. The predicted molar refractivity (Wildman–Crippen MR) is 92.9 cm³/mol. The molecular weight excluding hydrogens is 330 g/mol. The average molecular weight is 355 g/mol. The molecule has 9 heteroatoms. The second-order valence-corrected chi connectivity index (χ2v) is 8.50. The standard InChI is InChI=1S/C15H25N5O3S/c1-4-9-24(21,22)19-10-12-13(11-19)23-8-7-20(12)14-5-6-16-15(17-14)18(2)3/h5-6,12-13H,4,7-11H2,1-3H3/t12-,13+/m1/s1. The van der Waals surface area contributed by atoms with E-state index in [1.807, 2.05) is 32.0 Å². The van der Waals surface area contributed by atoms with Gasteiger partial charge in [-0.15, -0.1) is 0 Å². The van der Waals surface area contributed by atoms with Gasteiger partial charge in [0.25, 0.3) is 0 Å². The lowest BCUT2D eigenvalue weighted by molar-refractivity contribution is 0.0328. The van der Waals surface area contributed by atoms with E-state index in [1.54, 1.807) is 10.5 Å². The molecule has 0 aliphatic carbocycles. The molecule has 0 radical (unpaired) electrons. The van der Waals surface area contributed by atoms with Gasteiger partial charge in [0, 0.05) is 39.9 Å². The molecule has 0 N–H and O–H groups in total. The maximum absolute atomic E-state index is 12.4. The zero-order valence-electron chi connectivity index (χ0n) is 14.4. The van der Waals surface area contributed by atoms with Crippen molar-refractivity contribution in [1.29, 1.82) is 0 Å². The Labute approximate surface area is 143 Å². The third-order valence-electron chi connectivity index (χ3n) is 4.45. The van der Waals surface area contributed by atoms with Crippen molar-refractivity contribution in [1.82, 2.24) is 14.3 Å². The summed E-state index contributed by atoms with van der Waals surface area (Å²) in [6, 6.07) is 1.87. The van der Waals surface area contributed by atoms with Crippen molar-refractivity contribution >= 4 is 21.8 Å². The predicted octanol–water partition coefficient (Wildman–Crippen LogP) is 0.172. The molecule has 0 aromatic carbocycles. The zero-order valence-corrected chi connectivity index (χ0v) is 15.2. The van der Waals surface area contributed by atoms with Crippen LogP contribution in [0.1, 0.15) is 13.3 Å². The van der Waals surface area contributed by atoms with Crippen LogP contribution in [0.15, 0.2) is 12.3 Å². The van der Waals surface area contributed by atoms with Crippen LogP contribution >= 0.6 is 0 Å². The first kappa shape index (κ1) is 17.4. The van der Waals surface area contributed by atoms with Crippen LogP contribution < -0.4 is 9.80 Å². The van der Waals surface area contributed by atoms with Crippen LogP contribution in [0.4, 0.5) is 11.8 Å². The van der Waals surface area contributed by atoms with E-state index in [1.165, 1.54) is 0 Å². The van der Waals surface area contributed by atoms with Crippen molar-refractivity contribution in [3.8, 4) is 0 Å². The molecule has 24 heavy (non-hydrogen) atoms. The number of sulfonamides is 1. The minimum atomic E-state index is -3.21. The molecule has 1 aromatic rings. The third-order valence-corrected chi connectivity index (χ3v) is 6.45. The van der Waals surface area contributed by atoms with E-state index < -0.39 is 10.0 Å². The maximum atomic E-state index is 12.4. The van der Waals surface area contributed by atoms with Crippen LogP contribution in [0.25, 0.3) is 0 Å². The normalized spacial score (nSPS) is 24.9. The van der Waals surface area contributed by atoms with Gasteiger partial charge in [0.15, 0.2) is 0 Å². The summed E-state index contributed by atoms with van der Waals surface area (Å²) in [6.07, 6.45) is 2.25. The largest absolute Gasteiger partial charge is 0.373 e. The Kier molecular flexibility index (Phi) is 4.93. The maximum Gasteiger partial charge on any atom is 0.226 e. The molecule has 2 saturated heterocycles. The molecule has 2 fully saturated rings. The SMILES string of the molecule is CCCS(=O)(=O)N1C[C@@H]2OCCN(c3ccnc(N(C)C)n3)[C@@H]2C1. The summed E-state index contributed by atoms with van der Waals surface area (Å²) in [5.74, 6) is 1.65. The van der Waals surface area contributed by atoms with Gasteiger partial charge < -0.3 is 14.5 Å². The average Bonchev–Trinajstić information content (AvgIpc) is 3.00. The van der Waals surface area contributed by atoms with Gasteiger partial charge in [-0.25, -0.2) is 13.4 Å². The summed E-state index contributed by atoms with van der Waals surface area (Å²) in [5.41, 5.74) is 0. The summed E-state index contributed by atoms with van der Waals surface area (Å²) >= 11 is 0. The zero-order chi connectivity index (χ0) is 17.3. The Hall–Kier alpha value is -1.45. The van der Waals surface area contributed by atoms with Crippen LogP contribution in [0.5, 0.6) is 0 Å². The number of anilines is 2. The van der Waals surface area contributed by atoms with E-state index in [0.29, 0.717) is 38.6 Å². The lowest BCUT2D eigenvalue weighted by Crippen LogP contribution is -2.51. The highest BCUT2D eigenvalue weighted by atomic mass is 32.2. The van der Waals surface area contributed by atoms with Crippen molar-refractivity contribution in [3.05, 3.63) is 12.3 Å². The fourth-order valence-electron chi connectivity index (χ4n) is 3.27. The number of hydrogen-bond acceptors (Lipinski definition) is 7. The number of aromatic nitrogens is 2. The molecule has 2 aliphatic heterocycles. The molecule has 134 valence electrons. The van der Waals surface area contributed by atoms with E-state index in [2.05, 4.69) is 14.9 Å². The van der Waals surface area contributed by atoms with Gasteiger partial charge in [-0.3, -0.25) is 0 Å². The van der Waals surface area contributed by atoms with Crippen molar-refractivity contribution in [2.45, 2.75) is 25.5 Å². The van der Waals surface area contributed by atoms with Gasteiger partial charge in [0.05, 0.1) is 24.5 Å². The molecule has 8 nitrogen and oxygen atoms in total. The lowest BCUT2D eigenvalue weighted by Gasteiger charge is -2.37. The first-order chi connectivity index (χ1) is 11.4. The second-order valence-electron chi connectivity index (χ2n) is 6.41. The van der Waals surface area contributed by atoms with Crippen LogP contribution in [-0.2, 0) is 14.8 Å². The molecular formula is C15H25N5O3S. The molecule has 3 heterocycles. The molecule has 2 aliphatic rings. The quantitative estimate of drug-likeness (QED) is 0.745. The first-order valence-corrected chi connectivity index (χ1v) is 9.89. The van der Waals surface area contributed by atoms with Crippen LogP contribution in [0.2, 0.25) is 0 Å². The number of morpholine rings is 1. The Morgan fingerprint density at radius 3 is 2.88 bits per heavy atom. The van der Waals surface area contributed by atoms with E-state index in [0.717, 1.165) is 5.82 Å². The van der Waals surface area contributed by atoms with E-state index in [-0.39, 0.29) is 17.9 Å². The van der Waals surface area contributed by atoms with Crippen LogP contribution in [-0.4, -0.2) is 80.9 Å². The third kappa shape index (κ3) is 3.33. The van der Waals surface area contributed by atoms with Crippen molar-refractivity contribution < 1.29 is 13.2 Å². The smallest absolute Gasteiger partial charge is 0.226 e. The van der Waals surface area contributed by atoms with E-state index >= 15 is 0 Å². The fourth-order valence-corrected chi connectivity index (χ4v) is 4.80. The van der Waals surface area contributed by atoms with Gasteiger partial charge in [-0.2, -0.15) is 9.29 Å². The minimum Gasteiger partial charge on any atom is -0.373 e. The number of hydrogen-bond donors (Lipinski definition) is 0. The molecule has 2 atom stereocenters. The summed E-state index contributed by atoms with van der Waals surface area (Å²) < 4.78 is 32.2. The summed E-state index contributed by atoms with van der Waals surface area (Å²) in [7, 11) is 0.587. The minimum absolute atomic E-state index is 0.00436. The van der Waals surface area contributed by atoms with Crippen LogP contribution in [0.3, 0.4) is 0 Å². The van der Waals surface area contributed by atoms with Gasteiger partial charge in [0.2, 0.25) is 16.0 Å². The van der Waals surface area contributed by atoms with Gasteiger partial charge in [-0.05, 0) is 12.5 Å². The summed E-state index contributed by atoms with van der Waals surface area (Å²) in [4.78, 5) is 12.9. The second kappa shape index (κ2) is 6.81. The highest BCUT2D eigenvalue weighted by molar-refractivity contribution is 7.89. The Morgan fingerprint density at radius 1 is 1.38 bits per heavy atom. The van der Waals surface area contributed by atoms with Crippen molar-refractivity contribution in [2.24, 2.45) is 0 Å². The lowest BCUT2D eigenvalue weighted by atomic mass is 10.1. The number of nitrogens with zero attached hydrogens (tertiary/aromatic N) is 5. The highest BCUT2D eigenvalue weighted by Gasteiger charge is 2.44. The number of fused-ring (bicyclic) bond motifs is 1. The van der Waals surface area contributed by atoms with Crippen molar-refractivity contribution in [2.75, 3.05) is 55.9 Å². The molecule has 0 bridgehead atoms. The summed E-state index contributed by atoms with van der Waals surface area (Å²) in [6.45, 7) is 4.04. The highest BCUT2D eigenvalue weighted by Crippen LogP contribution is 2.29. The van der Waals surface area contributed by atoms with Gasteiger partial charge in [-0.1, -0.05) is 6.92 Å². The molecule has 0 amide bonds. The Bertz CT molecular complexity index is 681. The monoisotopic (exact) mass is 355 g/mol. The molecule has 0 spiro atoms. The number of rotatable bonds is 5. The van der Waals surface area contributed by atoms with E-state index in [4.69, 9.17) is 4.74 Å². The Morgan fingerprint density at radius 2 is 2.17 bits per heavy atom. The van der Waals surface area contributed by atoms with E-state index in [9.17, 15) is 8.42 Å². The van der Waals surface area contributed by atoms with Gasteiger partial charge in [0.1, 0.15) is 5.82 Å². The molecule has 0 unspecified atom stereocenters. The van der Waals surface area contributed by atoms with Crippen LogP contribution in [0, 0.1) is 0 Å². The fraction of sp³-hybridized carbons (Fsp3) is 0.733. The molecule has 0 saturated carbocycles. The van der Waals surface area contributed by atoms with Crippen molar-refractivity contribution in [3.63, 3.8) is 0 Å². The number of ether oxygens (including phenoxy) is 1. The first-order valence-electron chi connectivity index (χ1n) is 8.29. The molecule has 1 aromatic heterocycles. The topological polar surface area (TPSA) is 78.9 Å². The van der Waals surface area contributed by atoms with Gasteiger partial charge >= 0.3 is 0 Å².